The van der Waals surface area contributed by atoms with E-state index >= 15 is 0 Å². The maximum Gasteiger partial charge on any atom is 0.417 e. The monoisotopic (exact) mass is 190 g/mol. The molecule has 1 aliphatic rings. The minimum absolute atomic E-state index is 0.369. The molecule has 0 amide bonds. The van der Waals surface area contributed by atoms with E-state index in [1.807, 2.05) is 12.1 Å². The standard InChI is InChI=1S/C10H10N2O2/c13-10-12-8-2-1-6-5-11-4-3-7(6)9(8)14-10/h1-2,11H,3-5H2,(H,12,13). The van der Waals surface area contributed by atoms with Crippen molar-refractivity contribution >= 4 is 11.1 Å². The maximum absolute atomic E-state index is 11.0. The molecular weight excluding hydrogens is 180 g/mol. The molecule has 4 heteroatoms. The number of aromatic nitrogens is 1. The summed E-state index contributed by atoms with van der Waals surface area (Å²) in [6, 6.07) is 3.93. The van der Waals surface area contributed by atoms with Crippen LogP contribution in [0, 0.1) is 0 Å². The molecule has 0 radical (unpaired) electrons. The molecule has 1 aromatic heterocycles. The molecule has 2 heterocycles. The van der Waals surface area contributed by atoms with Crippen molar-refractivity contribution in [3.05, 3.63) is 33.8 Å². The van der Waals surface area contributed by atoms with Gasteiger partial charge in [0.2, 0.25) is 0 Å². The number of benzene rings is 1. The second-order valence-corrected chi connectivity index (χ2v) is 3.52. The SMILES string of the molecule is O=c1[nH]c2ccc3c(c2o1)CCNC3. The Morgan fingerprint density at radius 3 is 3.21 bits per heavy atom. The molecule has 4 nitrogen and oxygen atoms in total. The van der Waals surface area contributed by atoms with E-state index in [2.05, 4.69) is 10.3 Å². The van der Waals surface area contributed by atoms with E-state index < -0.39 is 0 Å². The first kappa shape index (κ1) is 7.82. The average Bonchev–Trinajstić information content (AvgIpc) is 2.59. The Balaban J connectivity index is 2.39. The van der Waals surface area contributed by atoms with E-state index in [1.54, 1.807) is 0 Å². The summed E-state index contributed by atoms with van der Waals surface area (Å²) in [5.41, 5.74) is 3.93. The van der Waals surface area contributed by atoms with Gasteiger partial charge in [0.1, 0.15) is 0 Å². The minimum atomic E-state index is -0.369. The third kappa shape index (κ3) is 1.01. The van der Waals surface area contributed by atoms with Gasteiger partial charge in [-0.05, 0) is 24.6 Å². The van der Waals surface area contributed by atoms with Crippen LogP contribution in [0.3, 0.4) is 0 Å². The predicted molar refractivity (Wildman–Crippen MR) is 52.2 cm³/mol. The zero-order valence-electron chi connectivity index (χ0n) is 7.59. The lowest BCUT2D eigenvalue weighted by Gasteiger charge is -2.16. The first-order valence-corrected chi connectivity index (χ1v) is 4.69. The normalized spacial score (nSPS) is 15.7. The summed E-state index contributed by atoms with van der Waals surface area (Å²) in [7, 11) is 0. The quantitative estimate of drug-likeness (QED) is 0.645. The van der Waals surface area contributed by atoms with Gasteiger partial charge in [0.15, 0.2) is 5.58 Å². The van der Waals surface area contributed by atoms with Crippen molar-refractivity contribution in [1.29, 1.82) is 0 Å². The third-order valence-electron chi connectivity index (χ3n) is 2.66. The molecule has 0 saturated heterocycles. The molecular formula is C10H10N2O2. The molecule has 1 aliphatic heterocycles. The van der Waals surface area contributed by atoms with Gasteiger partial charge in [0.05, 0.1) is 5.52 Å². The molecule has 0 aliphatic carbocycles. The molecule has 0 fully saturated rings. The Bertz CT molecular complexity index is 539. The molecule has 72 valence electrons. The molecule has 1 aromatic carbocycles. The lowest BCUT2D eigenvalue weighted by molar-refractivity contribution is 0.545. The van der Waals surface area contributed by atoms with Gasteiger partial charge in [-0.25, -0.2) is 4.79 Å². The Kier molecular flexibility index (Phi) is 1.52. The van der Waals surface area contributed by atoms with E-state index in [1.165, 1.54) is 11.1 Å². The van der Waals surface area contributed by atoms with Gasteiger partial charge in [-0.1, -0.05) is 6.07 Å². The zero-order valence-corrected chi connectivity index (χ0v) is 7.59. The Labute approximate surface area is 79.9 Å². The average molecular weight is 190 g/mol. The molecule has 3 rings (SSSR count). The van der Waals surface area contributed by atoms with Gasteiger partial charge in [-0.3, -0.25) is 4.98 Å². The van der Waals surface area contributed by atoms with Crippen molar-refractivity contribution in [1.82, 2.24) is 10.3 Å². The summed E-state index contributed by atoms with van der Waals surface area (Å²) >= 11 is 0. The number of H-pyrrole nitrogens is 1. The third-order valence-corrected chi connectivity index (χ3v) is 2.66. The van der Waals surface area contributed by atoms with Crippen LogP contribution in [0.25, 0.3) is 11.1 Å². The second kappa shape index (κ2) is 2.72. The molecule has 0 saturated carbocycles. The molecule has 2 N–H and O–H groups in total. The summed E-state index contributed by atoms with van der Waals surface area (Å²) in [5.74, 6) is -0.369. The van der Waals surface area contributed by atoms with Gasteiger partial charge in [0.25, 0.3) is 0 Å². The van der Waals surface area contributed by atoms with E-state index in [9.17, 15) is 4.79 Å². The van der Waals surface area contributed by atoms with E-state index in [4.69, 9.17) is 4.42 Å². The van der Waals surface area contributed by atoms with Crippen molar-refractivity contribution in [3.8, 4) is 0 Å². The fourth-order valence-corrected chi connectivity index (χ4v) is 1.99. The summed E-state index contributed by atoms with van der Waals surface area (Å²) in [4.78, 5) is 13.7. The minimum Gasteiger partial charge on any atom is -0.408 e. The topological polar surface area (TPSA) is 58.0 Å². The summed E-state index contributed by atoms with van der Waals surface area (Å²) in [6.45, 7) is 1.81. The Hall–Kier alpha value is -1.55. The highest BCUT2D eigenvalue weighted by atomic mass is 16.4. The molecule has 0 unspecified atom stereocenters. The maximum atomic E-state index is 11.0. The van der Waals surface area contributed by atoms with E-state index in [-0.39, 0.29) is 5.76 Å². The lowest BCUT2D eigenvalue weighted by Crippen LogP contribution is -2.23. The first-order valence-electron chi connectivity index (χ1n) is 4.69. The van der Waals surface area contributed by atoms with Gasteiger partial charge < -0.3 is 9.73 Å². The zero-order chi connectivity index (χ0) is 9.54. The van der Waals surface area contributed by atoms with Gasteiger partial charge in [0, 0.05) is 12.1 Å². The second-order valence-electron chi connectivity index (χ2n) is 3.52. The van der Waals surface area contributed by atoms with Crippen LogP contribution in [0.1, 0.15) is 11.1 Å². The van der Waals surface area contributed by atoms with Gasteiger partial charge >= 0.3 is 5.76 Å². The fraction of sp³-hybridized carbons (Fsp3) is 0.300. The van der Waals surface area contributed by atoms with Crippen LogP contribution in [0.5, 0.6) is 0 Å². The van der Waals surface area contributed by atoms with E-state index in [0.717, 1.165) is 30.6 Å². The van der Waals surface area contributed by atoms with Crippen molar-refractivity contribution in [2.24, 2.45) is 0 Å². The largest absolute Gasteiger partial charge is 0.417 e. The highest BCUT2D eigenvalue weighted by Gasteiger charge is 2.14. The predicted octanol–water partition coefficient (Wildman–Crippen LogP) is 0.767. The van der Waals surface area contributed by atoms with Crippen LogP contribution in [-0.4, -0.2) is 11.5 Å². The fourth-order valence-electron chi connectivity index (χ4n) is 1.99. The van der Waals surface area contributed by atoms with Crippen molar-refractivity contribution in [2.45, 2.75) is 13.0 Å². The molecule has 14 heavy (non-hydrogen) atoms. The Morgan fingerprint density at radius 2 is 2.29 bits per heavy atom. The number of rotatable bonds is 0. The number of oxazole rings is 1. The highest BCUT2D eigenvalue weighted by molar-refractivity contribution is 5.77. The van der Waals surface area contributed by atoms with Crippen LogP contribution >= 0.6 is 0 Å². The molecule has 0 bridgehead atoms. The number of nitrogens with one attached hydrogen (secondary N) is 2. The lowest BCUT2D eigenvalue weighted by atomic mass is 10.0. The number of fused-ring (bicyclic) bond motifs is 3. The molecule has 0 spiro atoms. The van der Waals surface area contributed by atoms with Crippen LogP contribution in [-0.2, 0) is 13.0 Å². The van der Waals surface area contributed by atoms with Crippen molar-refractivity contribution in [2.75, 3.05) is 6.54 Å². The van der Waals surface area contributed by atoms with Crippen molar-refractivity contribution < 1.29 is 4.42 Å². The number of hydrogen-bond acceptors (Lipinski definition) is 3. The van der Waals surface area contributed by atoms with Gasteiger partial charge in [-0.15, -0.1) is 0 Å². The molecule has 0 atom stereocenters. The van der Waals surface area contributed by atoms with Crippen LogP contribution < -0.4 is 11.1 Å². The number of hydrogen-bond donors (Lipinski definition) is 2. The van der Waals surface area contributed by atoms with Crippen LogP contribution in [0.4, 0.5) is 0 Å². The van der Waals surface area contributed by atoms with Crippen LogP contribution in [0.15, 0.2) is 21.3 Å². The smallest absolute Gasteiger partial charge is 0.408 e. The summed E-state index contributed by atoms with van der Waals surface area (Å²) < 4.78 is 5.13. The first-order chi connectivity index (χ1) is 6.84. The molecule has 2 aromatic rings. The van der Waals surface area contributed by atoms with E-state index in [0.29, 0.717) is 0 Å². The van der Waals surface area contributed by atoms with Crippen LogP contribution in [0.2, 0.25) is 0 Å². The summed E-state index contributed by atoms with van der Waals surface area (Å²) in [6.07, 6.45) is 0.924. The van der Waals surface area contributed by atoms with Crippen molar-refractivity contribution in [3.63, 3.8) is 0 Å². The number of aromatic amines is 1. The summed E-state index contributed by atoms with van der Waals surface area (Å²) in [5, 5.41) is 3.28. The highest BCUT2D eigenvalue weighted by Crippen LogP contribution is 2.22. The van der Waals surface area contributed by atoms with Gasteiger partial charge in [-0.2, -0.15) is 0 Å². The Morgan fingerprint density at radius 1 is 1.36 bits per heavy atom.